The van der Waals surface area contributed by atoms with E-state index in [9.17, 15) is 0 Å². The highest BCUT2D eigenvalue weighted by molar-refractivity contribution is 5.74. The van der Waals surface area contributed by atoms with Gasteiger partial charge in [-0.05, 0) is 26.7 Å². The first-order valence-corrected chi connectivity index (χ1v) is 4.52. The van der Waals surface area contributed by atoms with Crippen LogP contribution in [0, 0.1) is 0 Å². The van der Waals surface area contributed by atoms with E-state index in [0.717, 1.165) is 12.5 Å². The fraction of sp³-hybridized carbons (Fsp3) is 0.889. The van der Waals surface area contributed by atoms with Crippen molar-refractivity contribution in [3.05, 3.63) is 0 Å². The van der Waals surface area contributed by atoms with E-state index in [2.05, 4.69) is 18.7 Å². The maximum Gasteiger partial charge on any atom is 0.345 e. The first-order chi connectivity index (χ1) is 5.45. The number of guanidine groups is 1. The lowest BCUT2D eigenvalue weighted by Crippen LogP contribution is -2.49. The summed E-state index contributed by atoms with van der Waals surface area (Å²) < 4.78 is 1.98. The summed E-state index contributed by atoms with van der Waals surface area (Å²) in [7, 11) is 3.98. The van der Waals surface area contributed by atoms with Crippen molar-refractivity contribution < 1.29 is 4.58 Å². The Morgan fingerprint density at radius 1 is 1.42 bits per heavy atom. The van der Waals surface area contributed by atoms with Crippen LogP contribution < -0.4 is 5.73 Å². The molecule has 1 aliphatic rings. The Morgan fingerprint density at radius 3 is 2.33 bits per heavy atom. The van der Waals surface area contributed by atoms with Crippen LogP contribution in [-0.4, -0.2) is 41.6 Å². The molecule has 0 unspecified atom stereocenters. The minimum Gasteiger partial charge on any atom is -0.291 e. The summed E-state index contributed by atoms with van der Waals surface area (Å²) in [6.45, 7) is 5.59. The second-order valence-electron chi connectivity index (χ2n) is 4.32. The lowest BCUT2D eigenvalue weighted by molar-refractivity contribution is -0.471. The van der Waals surface area contributed by atoms with E-state index in [1.165, 1.54) is 12.8 Å². The van der Waals surface area contributed by atoms with Crippen LogP contribution >= 0.6 is 0 Å². The van der Waals surface area contributed by atoms with Gasteiger partial charge in [-0.1, -0.05) is 0 Å². The number of hydrogen-bond acceptors (Lipinski definition) is 0. The Labute approximate surface area is 74.9 Å². The number of hydrogen-bond donors (Lipinski definition) is 1. The monoisotopic (exact) mass is 170 g/mol. The molecule has 1 aliphatic heterocycles. The average molecular weight is 170 g/mol. The van der Waals surface area contributed by atoms with Crippen molar-refractivity contribution >= 4 is 5.96 Å². The van der Waals surface area contributed by atoms with Crippen molar-refractivity contribution in [1.29, 1.82) is 0 Å². The van der Waals surface area contributed by atoms with E-state index in [1.54, 1.807) is 0 Å². The second-order valence-corrected chi connectivity index (χ2v) is 4.32. The predicted octanol–water partition coefficient (Wildman–Crippen LogP) is 0.448. The molecule has 0 radical (unpaired) electrons. The minimum atomic E-state index is 0.244. The van der Waals surface area contributed by atoms with Gasteiger partial charge in [0.15, 0.2) is 0 Å². The van der Waals surface area contributed by atoms with E-state index in [0.29, 0.717) is 0 Å². The Morgan fingerprint density at radius 2 is 2.00 bits per heavy atom. The van der Waals surface area contributed by atoms with Crippen molar-refractivity contribution in [3.8, 4) is 0 Å². The van der Waals surface area contributed by atoms with Crippen LogP contribution in [-0.2, 0) is 0 Å². The summed E-state index contributed by atoms with van der Waals surface area (Å²) >= 11 is 0. The van der Waals surface area contributed by atoms with Crippen LogP contribution in [0.15, 0.2) is 0 Å². The van der Waals surface area contributed by atoms with Crippen molar-refractivity contribution in [2.45, 2.75) is 32.2 Å². The Bertz CT molecular complexity index is 202. The number of nitrogens with two attached hydrogens (primary N) is 1. The molecule has 3 nitrogen and oxygen atoms in total. The molecule has 0 amide bonds. The van der Waals surface area contributed by atoms with Crippen LogP contribution in [0.25, 0.3) is 0 Å². The third kappa shape index (κ3) is 1.54. The zero-order valence-electron chi connectivity index (χ0n) is 8.59. The molecule has 0 atom stereocenters. The molecule has 0 aromatic rings. The van der Waals surface area contributed by atoms with Gasteiger partial charge in [-0.2, -0.15) is 0 Å². The van der Waals surface area contributed by atoms with Gasteiger partial charge in [0.05, 0.1) is 26.2 Å². The quantitative estimate of drug-likeness (QED) is 0.325. The summed E-state index contributed by atoms with van der Waals surface area (Å²) in [6.07, 6.45) is 2.49. The summed E-state index contributed by atoms with van der Waals surface area (Å²) in [5, 5.41) is 0. The summed E-state index contributed by atoms with van der Waals surface area (Å²) in [5.41, 5.74) is 6.21. The van der Waals surface area contributed by atoms with Gasteiger partial charge in [-0.25, -0.2) is 0 Å². The maximum absolute atomic E-state index is 5.97. The molecule has 3 heteroatoms. The van der Waals surface area contributed by atoms with Gasteiger partial charge in [-0.3, -0.25) is 15.2 Å². The lowest BCUT2D eigenvalue weighted by atomic mass is 10.0. The van der Waals surface area contributed by atoms with Crippen molar-refractivity contribution in [2.24, 2.45) is 5.73 Å². The van der Waals surface area contributed by atoms with E-state index in [1.807, 2.05) is 18.7 Å². The molecule has 0 spiro atoms. The molecular formula is C9H20N3+. The fourth-order valence-electron chi connectivity index (χ4n) is 1.77. The highest BCUT2D eigenvalue weighted by Gasteiger charge is 2.38. The molecule has 0 saturated carbocycles. The van der Waals surface area contributed by atoms with Crippen molar-refractivity contribution in [2.75, 3.05) is 20.6 Å². The Hall–Kier alpha value is -0.730. The molecule has 2 N–H and O–H groups in total. The third-order valence-corrected chi connectivity index (χ3v) is 2.64. The van der Waals surface area contributed by atoms with E-state index in [-0.39, 0.29) is 5.54 Å². The first kappa shape index (κ1) is 9.36. The third-order valence-electron chi connectivity index (χ3n) is 2.64. The van der Waals surface area contributed by atoms with Crippen LogP contribution in [0.1, 0.15) is 26.7 Å². The molecule has 1 heterocycles. The molecule has 1 saturated heterocycles. The maximum atomic E-state index is 5.97. The van der Waals surface area contributed by atoms with Gasteiger partial charge in [0.25, 0.3) is 0 Å². The topological polar surface area (TPSA) is 32.3 Å². The zero-order chi connectivity index (χ0) is 9.35. The van der Waals surface area contributed by atoms with Gasteiger partial charge in [0.1, 0.15) is 0 Å². The predicted molar refractivity (Wildman–Crippen MR) is 51.3 cm³/mol. The SMILES string of the molecule is C[N+](C)=C(N)N1CCCC1(C)C. The van der Waals surface area contributed by atoms with E-state index >= 15 is 0 Å². The molecule has 0 aromatic heterocycles. The molecule has 0 aromatic carbocycles. The second kappa shape index (κ2) is 2.96. The molecule has 1 rings (SSSR count). The van der Waals surface area contributed by atoms with E-state index in [4.69, 9.17) is 5.73 Å². The van der Waals surface area contributed by atoms with Gasteiger partial charge in [0, 0.05) is 0 Å². The molecule has 0 bridgehead atoms. The number of likely N-dealkylation sites (tertiary alicyclic amines) is 1. The fourth-order valence-corrected chi connectivity index (χ4v) is 1.77. The largest absolute Gasteiger partial charge is 0.345 e. The summed E-state index contributed by atoms with van der Waals surface area (Å²) in [5.74, 6) is 0.887. The smallest absolute Gasteiger partial charge is 0.291 e. The first-order valence-electron chi connectivity index (χ1n) is 4.52. The molecule has 0 aliphatic carbocycles. The Balaban J connectivity index is 2.83. The molecule has 12 heavy (non-hydrogen) atoms. The van der Waals surface area contributed by atoms with Crippen LogP contribution in [0.2, 0.25) is 0 Å². The van der Waals surface area contributed by atoms with Crippen LogP contribution in [0.5, 0.6) is 0 Å². The van der Waals surface area contributed by atoms with Crippen LogP contribution in [0.3, 0.4) is 0 Å². The average Bonchev–Trinajstić information content (AvgIpc) is 2.27. The van der Waals surface area contributed by atoms with Crippen molar-refractivity contribution in [1.82, 2.24) is 4.90 Å². The zero-order valence-corrected chi connectivity index (χ0v) is 8.59. The lowest BCUT2D eigenvalue weighted by Gasteiger charge is -2.27. The highest BCUT2D eigenvalue weighted by Crippen LogP contribution is 2.27. The molecular weight excluding hydrogens is 150 g/mol. The standard InChI is InChI=1S/C9H19N3/c1-9(2)6-5-7-12(9)8(10)11(3)4/h10H,5-7H2,1-4H3/p+1. The van der Waals surface area contributed by atoms with Gasteiger partial charge in [-0.15, -0.1) is 0 Å². The highest BCUT2D eigenvalue weighted by atomic mass is 15.3. The minimum absolute atomic E-state index is 0.244. The van der Waals surface area contributed by atoms with Gasteiger partial charge >= 0.3 is 5.96 Å². The molecule has 1 fully saturated rings. The van der Waals surface area contributed by atoms with Crippen molar-refractivity contribution in [3.63, 3.8) is 0 Å². The van der Waals surface area contributed by atoms with Crippen LogP contribution in [0.4, 0.5) is 0 Å². The number of nitrogens with zero attached hydrogens (tertiary/aromatic N) is 2. The van der Waals surface area contributed by atoms with E-state index < -0.39 is 0 Å². The summed E-state index contributed by atoms with van der Waals surface area (Å²) in [4.78, 5) is 2.28. The van der Waals surface area contributed by atoms with Gasteiger partial charge < -0.3 is 0 Å². The van der Waals surface area contributed by atoms with Gasteiger partial charge in [0.2, 0.25) is 0 Å². The molecule has 70 valence electrons. The summed E-state index contributed by atoms with van der Waals surface area (Å²) in [6, 6.07) is 0. The normalized spacial score (nSPS) is 21.2. The number of rotatable bonds is 0. The Kier molecular flexibility index (Phi) is 2.31.